The van der Waals surface area contributed by atoms with Gasteiger partial charge in [-0.05, 0) is 67.7 Å². The number of aliphatic carboxylic acids is 1. The number of hydrogen-bond donors (Lipinski definition) is 5. The molecule has 3 unspecified atom stereocenters. The number of carboxylic acids is 1. The predicted octanol–water partition coefficient (Wildman–Crippen LogP) is 3.03. The Morgan fingerprint density at radius 1 is 0.983 bits per heavy atom. The zero-order valence-electron chi connectivity index (χ0n) is 33.1. The molecule has 3 atom stereocenters. The number of anilines is 1. The maximum absolute atomic E-state index is 13.4. The lowest BCUT2D eigenvalue weighted by Crippen LogP contribution is -2.42. The first-order chi connectivity index (χ1) is 28.3. The second-order valence-electron chi connectivity index (χ2n) is 13.4. The van der Waals surface area contributed by atoms with Gasteiger partial charge in [-0.2, -0.15) is 0 Å². The van der Waals surface area contributed by atoms with Crippen molar-refractivity contribution in [2.45, 2.75) is 77.0 Å². The first-order valence-electron chi connectivity index (χ1n) is 19.1. The third-order valence-electron chi connectivity index (χ3n) is 8.88. The number of halogens is 1. The van der Waals surface area contributed by atoms with Crippen LogP contribution >= 0.6 is 11.6 Å². The van der Waals surface area contributed by atoms with E-state index in [0.29, 0.717) is 61.4 Å². The van der Waals surface area contributed by atoms with Gasteiger partial charge in [-0.1, -0.05) is 36.2 Å². The van der Waals surface area contributed by atoms with Gasteiger partial charge < -0.3 is 50.0 Å². The molecule has 18 nitrogen and oxygen atoms in total. The molecule has 0 spiro atoms. The molecule has 3 rings (SSSR count). The highest BCUT2D eigenvalue weighted by Gasteiger charge is 2.34. The molecule has 0 aliphatic carbocycles. The Balaban J connectivity index is 1.51. The minimum atomic E-state index is -1.31. The lowest BCUT2D eigenvalue weighted by Gasteiger charge is -2.31. The maximum Gasteiger partial charge on any atom is 0.409 e. The van der Waals surface area contributed by atoms with Crippen molar-refractivity contribution >= 4 is 59.9 Å². The largest absolute Gasteiger partial charge is 0.479 e. The van der Waals surface area contributed by atoms with E-state index in [1.807, 2.05) is 0 Å². The van der Waals surface area contributed by atoms with E-state index in [2.05, 4.69) is 16.0 Å². The smallest absolute Gasteiger partial charge is 0.409 e. The van der Waals surface area contributed by atoms with Gasteiger partial charge in [0.05, 0.1) is 24.9 Å². The van der Waals surface area contributed by atoms with Gasteiger partial charge in [0.15, 0.2) is 6.10 Å². The van der Waals surface area contributed by atoms with Gasteiger partial charge in [0, 0.05) is 63.2 Å². The van der Waals surface area contributed by atoms with Crippen LogP contribution in [0.3, 0.4) is 0 Å². The number of aliphatic hydroxyl groups excluding tert-OH is 1. The molecular formula is C40H52ClN5O13. The second kappa shape index (κ2) is 25.7. The van der Waals surface area contributed by atoms with Gasteiger partial charge in [-0.15, -0.1) is 0 Å². The van der Waals surface area contributed by atoms with E-state index >= 15 is 0 Å². The van der Waals surface area contributed by atoms with E-state index in [1.54, 1.807) is 37.3 Å². The highest BCUT2D eigenvalue weighted by atomic mass is 35.5. The standard InChI is InChI=1S/C40H52ClN5O13/c1-3-7-36(51)46(26-48)16-6-4-5-8-35(50)42-14-15-43-38(52)31-20-27(9-12-33(31)58-37-23-30(49)22-34(59-37)39(53)54)24-57-40(55)45(2)17-19-56-18-13-28-10-11-29(44-25-47)21-32(28)41/h3,7,9-12,20-21,25-26,30,34,37,49H,4-6,8,13-19,22-24H2,1-2H3,(H,42,50)(H,43,52)(H,44,47)(H,53,54)/b7-3-. The van der Waals surface area contributed by atoms with E-state index in [9.17, 15) is 43.8 Å². The quantitative estimate of drug-likeness (QED) is 0.0550. The van der Waals surface area contributed by atoms with Crippen LogP contribution in [0.1, 0.15) is 66.9 Å². The van der Waals surface area contributed by atoms with Crippen molar-refractivity contribution in [3.8, 4) is 5.75 Å². The number of rotatable bonds is 25. The molecule has 0 bridgehead atoms. The molecule has 0 aromatic heterocycles. The number of imide groups is 1. The van der Waals surface area contributed by atoms with Crippen molar-refractivity contribution in [2.75, 3.05) is 51.8 Å². The van der Waals surface area contributed by atoms with Crippen molar-refractivity contribution in [2.24, 2.45) is 0 Å². The molecule has 2 aromatic carbocycles. The summed E-state index contributed by atoms with van der Waals surface area (Å²) in [5.74, 6) is -2.50. The summed E-state index contributed by atoms with van der Waals surface area (Å²) < 4.78 is 22.5. The maximum atomic E-state index is 13.4. The fourth-order valence-electron chi connectivity index (χ4n) is 5.68. The minimum absolute atomic E-state index is 0.00851. The Bertz CT molecular complexity index is 1780. The molecule has 1 heterocycles. The number of ether oxygens (including phenoxy) is 4. The van der Waals surface area contributed by atoms with Gasteiger partial charge in [0.25, 0.3) is 11.8 Å². The van der Waals surface area contributed by atoms with E-state index in [4.69, 9.17) is 30.5 Å². The zero-order chi connectivity index (χ0) is 43.2. The fourth-order valence-corrected chi connectivity index (χ4v) is 5.96. The van der Waals surface area contributed by atoms with Gasteiger partial charge in [0.1, 0.15) is 12.4 Å². The Hall–Kier alpha value is -5.56. The summed E-state index contributed by atoms with van der Waals surface area (Å²) in [4.78, 5) is 86.1. The highest BCUT2D eigenvalue weighted by molar-refractivity contribution is 6.31. The molecular weight excluding hydrogens is 794 g/mol. The molecule has 0 saturated carbocycles. The molecule has 1 fully saturated rings. The Morgan fingerprint density at radius 2 is 1.76 bits per heavy atom. The van der Waals surface area contributed by atoms with Crippen LogP contribution in [0.25, 0.3) is 0 Å². The van der Waals surface area contributed by atoms with E-state index in [0.717, 1.165) is 10.5 Å². The minimum Gasteiger partial charge on any atom is -0.479 e. The molecule has 5 N–H and O–H groups in total. The molecule has 6 amide bonds. The number of nitrogens with one attached hydrogen (secondary N) is 3. The lowest BCUT2D eigenvalue weighted by molar-refractivity contribution is -0.195. The first-order valence-corrected chi connectivity index (χ1v) is 19.5. The van der Waals surface area contributed by atoms with Crippen LogP contribution in [0.15, 0.2) is 48.6 Å². The molecule has 1 saturated heterocycles. The first kappa shape index (κ1) is 47.8. The summed E-state index contributed by atoms with van der Waals surface area (Å²) in [6.45, 7) is 2.61. The number of amides is 6. The number of benzene rings is 2. The summed E-state index contributed by atoms with van der Waals surface area (Å²) in [6, 6.07) is 9.59. The van der Waals surface area contributed by atoms with E-state index < -0.39 is 42.4 Å². The number of hydrogen-bond acceptors (Lipinski definition) is 12. The molecule has 0 radical (unpaired) electrons. The SMILES string of the molecule is C/C=C\C(=O)N(C=O)CCCCCC(=O)NCCNC(=O)c1cc(COC(=O)N(C)CCOCCc2ccc(NC=O)cc2Cl)ccc1OC1CC(O)CC(C(=O)O)O1. The molecule has 1 aliphatic rings. The molecule has 322 valence electrons. The van der Waals surface area contributed by atoms with Crippen LogP contribution in [0, 0.1) is 0 Å². The Morgan fingerprint density at radius 3 is 2.47 bits per heavy atom. The van der Waals surface area contributed by atoms with Crippen LogP contribution in [0.2, 0.25) is 5.02 Å². The third kappa shape index (κ3) is 17.1. The molecule has 19 heteroatoms. The lowest BCUT2D eigenvalue weighted by atomic mass is 10.0. The van der Waals surface area contributed by atoms with Crippen molar-refractivity contribution in [3.05, 3.63) is 70.3 Å². The summed E-state index contributed by atoms with van der Waals surface area (Å²) in [7, 11) is 1.54. The van der Waals surface area contributed by atoms with Gasteiger partial charge >= 0.3 is 12.1 Å². The summed E-state index contributed by atoms with van der Waals surface area (Å²) >= 11 is 6.26. The number of nitrogens with zero attached hydrogens (tertiary/aromatic N) is 2. The average Bonchev–Trinajstić information content (AvgIpc) is 3.20. The molecule has 1 aliphatic heterocycles. The van der Waals surface area contributed by atoms with Gasteiger partial charge in [-0.3, -0.25) is 28.9 Å². The summed E-state index contributed by atoms with van der Waals surface area (Å²) in [5.41, 5.74) is 1.84. The van der Waals surface area contributed by atoms with Crippen LogP contribution in [0.4, 0.5) is 10.5 Å². The van der Waals surface area contributed by atoms with Crippen molar-refractivity contribution in [1.29, 1.82) is 0 Å². The van der Waals surface area contributed by atoms with Crippen molar-refractivity contribution < 1.29 is 62.7 Å². The average molecular weight is 846 g/mol. The third-order valence-corrected chi connectivity index (χ3v) is 9.24. The monoisotopic (exact) mass is 845 g/mol. The summed E-state index contributed by atoms with van der Waals surface area (Å²) in [5, 5.41) is 28.1. The number of carbonyl (C=O) groups is 7. The van der Waals surface area contributed by atoms with Gasteiger partial charge in [-0.25, -0.2) is 9.59 Å². The van der Waals surface area contributed by atoms with Crippen molar-refractivity contribution in [3.63, 3.8) is 0 Å². The Kier molecular flexibility index (Phi) is 20.8. The fraction of sp³-hybridized carbons (Fsp3) is 0.475. The number of carboxylic acid groups (broad SMARTS) is 1. The number of carbonyl (C=O) groups excluding carboxylic acids is 6. The highest BCUT2D eigenvalue weighted by Crippen LogP contribution is 2.27. The van der Waals surface area contributed by atoms with Crippen LogP contribution in [-0.2, 0) is 51.2 Å². The van der Waals surface area contributed by atoms with Crippen LogP contribution in [0.5, 0.6) is 5.75 Å². The normalized spacial score (nSPS) is 16.1. The van der Waals surface area contributed by atoms with Crippen molar-refractivity contribution in [1.82, 2.24) is 20.4 Å². The summed E-state index contributed by atoms with van der Waals surface area (Å²) in [6.07, 6.45) is 1.97. The predicted molar refractivity (Wildman–Crippen MR) is 213 cm³/mol. The topological polar surface area (TPSA) is 239 Å². The zero-order valence-corrected chi connectivity index (χ0v) is 33.8. The van der Waals surface area contributed by atoms with Crippen LogP contribution in [-0.4, -0.2) is 128 Å². The molecule has 59 heavy (non-hydrogen) atoms. The van der Waals surface area contributed by atoms with E-state index in [1.165, 1.54) is 30.2 Å². The Labute approximate surface area is 347 Å². The van der Waals surface area contributed by atoms with Crippen LogP contribution < -0.4 is 20.7 Å². The number of unbranched alkanes of at least 4 members (excludes halogenated alkanes) is 2. The number of likely N-dealkylation sites (N-methyl/N-ethyl adjacent to an activating group) is 1. The molecule has 2 aromatic rings. The number of allylic oxidation sites excluding steroid dienone is 1. The van der Waals surface area contributed by atoms with E-state index in [-0.39, 0.29) is 75.9 Å². The second-order valence-corrected chi connectivity index (χ2v) is 13.8. The number of aliphatic hydroxyl groups is 1. The van der Waals surface area contributed by atoms with Gasteiger partial charge in [0.2, 0.25) is 25.0 Å².